The van der Waals surface area contributed by atoms with Crippen molar-refractivity contribution >= 4 is 11.7 Å². The van der Waals surface area contributed by atoms with E-state index in [1.165, 1.54) is 0 Å². The third-order valence-electron chi connectivity index (χ3n) is 1.92. The monoisotopic (exact) mass is 271 g/mol. The highest BCUT2D eigenvalue weighted by atomic mass is 19.4. The molecule has 106 valence electrons. The van der Waals surface area contributed by atoms with Gasteiger partial charge in [-0.3, -0.25) is 4.79 Å². The average Bonchev–Trinajstić information content (AvgIpc) is 2.22. The van der Waals surface area contributed by atoms with Gasteiger partial charge in [-0.1, -0.05) is 19.0 Å². The highest BCUT2D eigenvalue weighted by Crippen LogP contribution is 2.14. The largest absolute Gasteiger partial charge is 0.411 e. The quantitative estimate of drug-likeness (QED) is 0.283. The zero-order valence-corrected chi connectivity index (χ0v) is 9.99. The van der Waals surface area contributed by atoms with Crippen LogP contribution >= 0.6 is 0 Å². The fourth-order valence-corrected chi connectivity index (χ4v) is 1.12. The van der Waals surface area contributed by atoms with Crippen LogP contribution in [0.2, 0.25) is 0 Å². The van der Waals surface area contributed by atoms with E-state index >= 15 is 0 Å². The number of nitrogens with zero attached hydrogens (tertiary/aromatic N) is 1. The molecule has 0 spiro atoms. The van der Waals surface area contributed by atoms with E-state index in [4.69, 9.17) is 10.9 Å². The maximum Gasteiger partial charge on any atom is 0.411 e. The SMILES string of the molecule is CC(C)C(NC(=O)COCC(F)(F)F)C(N)=NO. The van der Waals surface area contributed by atoms with Crippen molar-refractivity contribution in [3.8, 4) is 0 Å². The van der Waals surface area contributed by atoms with E-state index in [0.717, 1.165) is 0 Å². The number of rotatable bonds is 6. The van der Waals surface area contributed by atoms with E-state index < -0.39 is 31.3 Å². The van der Waals surface area contributed by atoms with Gasteiger partial charge in [0.05, 0.1) is 6.04 Å². The Morgan fingerprint density at radius 1 is 1.50 bits per heavy atom. The first-order chi connectivity index (χ1) is 8.17. The van der Waals surface area contributed by atoms with E-state index in [1.807, 2.05) is 0 Å². The number of alkyl halides is 3. The number of halogens is 3. The van der Waals surface area contributed by atoms with Crippen molar-refractivity contribution in [1.82, 2.24) is 5.32 Å². The predicted octanol–water partition coefficient (Wildman–Crippen LogP) is 0.452. The smallest absolute Gasteiger partial charge is 0.409 e. The predicted molar refractivity (Wildman–Crippen MR) is 57.1 cm³/mol. The molecule has 0 heterocycles. The lowest BCUT2D eigenvalue weighted by Gasteiger charge is -2.20. The van der Waals surface area contributed by atoms with Crippen LogP contribution in [0.4, 0.5) is 13.2 Å². The molecule has 1 unspecified atom stereocenters. The molecule has 0 saturated carbocycles. The number of hydrogen-bond donors (Lipinski definition) is 3. The van der Waals surface area contributed by atoms with Gasteiger partial charge in [0, 0.05) is 0 Å². The molecule has 0 aliphatic rings. The maximum atomic E-state index is 11.8. The molecule has 4 N–H and O–H groups in total. The Bertz CT molecular complexity index is 305. The van der Waals surface area contributed by atoms with Gasteiger partial charge in [0.15, 0.2) is 5.84 Å². The lowest BCUT2D eigenvalue weighted by atomic mass is 10.0. The van der Waals surface area contributed by atoms with E-state index in [0.29, 0.717) is 0 Å². The van der Waals surface area contributed by atoms with Crippen LogP contribution in [0.3, 0.4) is 0 Å². The van der Waals surface area contributed by atoms with Crippen LogP contribution in [0, 0.1) is 5.92 Å². The summed E-state index contributed by atoms with van der Waals surface area (Å²) in [7, 11) is 0. The van der Waals surface area contributed by atoms with Crippen molar-refractivity contribution < 1.29 is 27.9 Å². The molecule has 0 aromatic heterocycles. The number of carbonyl (C=O) groups excluding carboxylic acids is 1. The number of hydrogen-bond acceptors (Lipinski definition) is 4. The van der Waals surface area contributed by atoms with Crippen molar-refractivity contribution in [2.24, 2.45) is 16.8 Å². The third-order valence-corrected chi connectivity index (χ3v) is 1.92. The molecular weight excluding hydrogens is 255 g/mol. The molecular formula is C9H16F3N3O3. The molecule has 0 aromatic rings. The van der Waals surface area contributed by atoms with Crippen molar-refractivity contribution in [3.63, 3.8) is 0 Å². The first kappa shape index (κ1) is 16.5. The number of amides is 1. The molecule has 9 heteroatoms. The molecule has 1 atom stereocenters. The summed E-state index contributed by atoms with van der Waals surface area (Å²) in [5.74, 6) is -1.19. The van der Waals surface area contributed by atoms with Crippen LogP contribution in [0.1, 0.15) is 13.8 Å². The number of nitrogens with two attached hydrogens (primary N) is 1. The molecule has 0 rings (SSSR count). The number of ether oxygens (including phenoxy) is 1. The minimum absolute atomic E-state index is 0.188. The normalized spacial score (nSPS) is 14.7. The second-order valence-electron chi connectivity index (χ2n) is 3.92. The van der Waals surface area contributed by atoms with Crippen LogP contribution < -0.4 is 11.1 Å². The van der Waals surface area contributed by atoms with Crippen molar-refractivity contribution in [2.45, 2.75) is 26.1 Å². The second kappa shape index (κ2) is 7.04. The number of oxime groups is 1. The van der Waals surface area contributed by atoms with Crippen molar-refractivity contribution in [1.29, 1.82) is 0 Å². The molecule has 0 fully saturated rings. The number of carbonyl (C=O) groups is 1. The third kappa shape index (κ3) is 6.94. The van der Waals surface area contributed by atoms with Gasteiger partial charge in [0.25, 0.3) is 0 Å². The maximum absolute atomic E-state index is 11.8. The Morgan fingerprint density at radius 3 is 2.44 bits per heavy atom. The Hall–Kier alpha value is -1.51. The molecule has 0 radical (unpaired) electrons. The molecule has 1 amide bonds. The van der Waals surface area contributed by atoms with Crippen molar-refractivity contribution in [3.05, 3.63) is 0 Å². The first-order valence-electron chi connectivity index (χ1n) is 5.08. The molecule has 0 aromatic carbocycles. The molecule has 18 heavy (non-hydrogen) atoms. The highest BCUT2D eigenvalue weighted by molar-refractivity contribution is 5.90. The van der Waals surface area contributed by atoms with E-state index in [-0.39, 0.29) is 11.8 Å². The van der Waals surface area contributed by atoms with Gasteiger partial charge < -0.3 is 21.0 Å². The Balaban J connectivity index is 4.20. The lowest BCUT2D eigenvalue weighted by Crippen LogP contribution is -2.49. The summed E-state index contributed by atoms with van der Waals surface area (Å²) in [5, 5.41) is 13.5. The standard InChI is InChI=1S/C9H16F3N3O3/c1-5(2)7(8(13)15-17)14-6(16)3-18-4-9(10,11)12/h5,7,17H,3-4H2,1-2H3,(H2,13,15)(H,14,16). The van der Waals surface area contributed by atoms with Gasteiger partial charge in [0.2, 0.25) is 5.91 Å². The minimum atomic E-state index is -4.48. The Labute approximate surface area is 102 Å². The van der Waals surface area contributed by atoms with Gasteiger partial charge in [-0.05, 0) is 5.92 Å². The summed E-state index contributed by atoms with van der Waals surface area (Å²) in [4.78, 5) is 11.3. The Morgan fingerprint density at radius 2 is 2.06 bits per heavy atom. The van der Waals surface area contributed by atoms with Crippen molar-refractivity contribution in [2.75, 3.05) is 13.2 Å². The van der Waals surface area contributed by atoms with Crippen LogP contribution in [-0.4, -0.2) is 42.4 Å². The van der Waals surface area contributed by atoms with Gasteiger partial charge in [-0.15, -0.1) is 0 Å². The molecule has 6 nitrogen and oxygen atoms in total. The second-order valence-corrected chi connectivity index (χ2v) is 3.92. The first-order valence-corrected chi connectivity index (χ1v) is 5.08. The summed E-state index contributed by atoms with van der Waals surface area (Å²) in [5.41, 5.74) is 5.33. The fraction of sp³-hybridized carbons (Fsp3) is 0.778. The van der Waals surface area contributed by atoms with Gasteiger partial charge >= 0.3 is 6.18 Å². The van der Waals surface area contributed by atoms with E-state index in [2.05, 4.69) is 15.2 Å². The van der Waals surface area contributed by atoms with Crippen LogP contribution in [-0.2, 0) is 9.53 Å². The van der Waals surface area contributed by atoms with E-state index in [9.17, 15) is 18.0 Å². The average molecular weight is 271 g/mol. The molecule has 0 aliphatic heterocycles. The molecule has 0 saturated heterocycles. The van der Waals surface area contributed by atoms with Gasteiger partial charge in [-0.2, -0.15) is 13.2 Å². The van der Waals surface area contributed by atoms with Gasteiger partial charge in [0.1, 0.15) is 13.2 Å². The summed E-state index contributed by atoms with van der Waals surface area (Å²) in [6.07, 6.45) is -4.48. The Kier molecular flexibility index (Phi) is 6.45. The summed E-state index contributed by atoms with van der Waals surface area (Å²) >= 11 is 0. The summed E-state index contributed by atoms with van der Waals surface area (Å²) < 4.78 is 39.4. The highest BCUT2D eigenvalue weighted by Gasteiger charge is 2.28. The number of nitrogens with one attached hydrogen (secondary N) is 1. The zero-order chi connectivity index (χ0) is 14.3. The number of amidine groups is 1. The molecule has 0 aliphatic carbocycles. The van der Waals surface area contributed by atoms with Crippen LogP contribution in [0.15, 0.2) is 5.16 Å². The minimum Gasteiger partial charge on any atom is -0.409 e. The lowest BCUT2D eigenvalue weighted by molar-refractivity contribution is -0.175. The van der Waals surface area contributed by atoms with Gasteiger partial charge in [-0.25, -0.2) is 0 Å². The topological polar surface area (TPSA) is 96.9 Å². The zero-order valence-electron chi connectivity index (χ0n) is 9.99. The van der Waals surface area contributed by atoms with Crippen LogP contribution in [0.25, 0.3) is 0 Å². The molecule has 0 bridgehead atoms. The summed E-state index contributed by atoms with van der Waals surface area (Å²) in [6, 6.07) is -0.767. The summed E-state index contributed by atoms with van der Waals surface area (Å²) in [6.45, 7) is 1.14. The van der Waals surface area contributed by atoms with E-state index in [1.54, 1.807) is 13.8 Å². The van der Waals surface area contributed by atoms with Crippen LogP contribution in [0.5, 0.6) is 0 Å². The fourth-order valence-electron chi connectivity index (χ4n) is 1.12.